The zero-order valence-electron chi connectivity index (χ0n) is 11.2. The van der Waals surface area contributed by atoms with E-state index in [2.05, 4.69) is 4.98 Å². The van der Waals surface area contributed by atoms with Gasteiger partial charge in [0.25, 0.3) is 0 Å². The minimum absolute atomic E-state index is 0.0577. The van der Waals surface area contributed by atoms with Crippen molar-refractivity contribution in [1.82, 2.24) is 4.98 Å². The van der Waals surface area contributed by atoms with Gasteiger partial charge in [0.05, 0.1) is 10.5 Å². The molecule has 2 N–H and O–H groups in total. The average molecular weight is 303 g/mol. The van der Waals surface area contributed by atoms with Crippen LogP contribution < -0.4 is 10.5 Å². The first-order chi connectivity index (χ1) is 10.0. The number of rotatable bonds is 2. The van der Waals surface area contributed by atoms with Crippen LogP contribution in [0.4, 0.5) is 10.1 Å². The Labute approximate surface area is 126 Å². The minimum Gasteiger partial charge on any atom is -0.456 e. The quantitative estimate of drug-likeness (QED) is 0.697. The van der Waals surface area contributed by atoms with Gasteiger partial charge in [-0.3, -0.25) is 4.98 Å². The first kappa shape index (κ1) is 13.6. The molecule has 0 aliphatic carbocycles. The molecule has 0 radical (unpaired) electrons. The SMILES string of the molecule is Cc1cc(Oc2ccc(Cl)c(F)c2)c2cc(N)ccc2n1. The number of nitrogens with two attached hydrogens (primary N) is 1. The van der Waals surface area contributed by atoms with E-state index < -0.39 is 5.82 Å². The molecule has 0 saturated carbocycles. The molecule has 0 bridgehead atoms. The fourth-order valence-corrected chi connectivity index (χ4v) is 2.21. The number of nitrogen functional groups attached to an aromatic ring is 1. The lowest BCUT2D eigenvalue weighted by atomic mass is 10.1. The number of aromatic nitrogens is 1. The van der Waals surface area contributed by atoms with E-state index in [1.807, 2.05) is 13.0 Å². The summed E-state index contributed by atoms with van der Waals surface area (Å²) in [6, 6.07) is 11.5. The molecule has 21 heavy (non-hydrogen) atoms. The Morgan fingerprint density at radius 1 is 1.14 bits per heavy atom. The summed E-state index contributed by atoms with van der Waals surface area (Å²) in [4.78, 5) is 4.42. The third-order valence-corrected chi connectivity index (χ3v) is 3.35. The van der Waals surface area contributed by atoms with Crippen molar-refractivity contribution in [3.8, 4) is 11.5 Å². The maximum absolute atomic E-state index is 13.5. The Kier molecular flexibility index (Phi) is 3.39. The molecule has 1 heterocycles. The van der Waals surface area contributed by atoms with Gasteiger partial charge in [0.1, 0.15) is 17.3 Å². The van der Waals surface area contributed by atoms with Crippen LogP contribution in [0.5, 0.6) is 11.5 Å². The Hall–Kier alpha value is -2.33. The summed E-state index contributed by atoms with van der Waals surface area (Å²) in [6.45, 7) is 1.87. The maximum atomic E-state index is 13.5. The lowest BCUT2D eigenvalue weighted by molar-refractivity contribution is 0.481. The number of benzene rings is 2. The second-order valence-electron chi connectivity index (χ2n) is 4.72. The number of halogens is 2. The molecule has 0 spiro atoms. The van der Waals surface area contributed by atoms with Crippen molar-refractivity contribution in [1.29, 1.82) is 0 Å². The number of ether oxygens (including phenoxy) is 1. The van der Waals surface area contributed by atoms with Gasteiger partial charge in [-0.1, -0.05) is 11.6 Å². The van der Waals surface area contributed by atoms with Gasteiger partial charge >= 0.3 is 0 Å². The van der Waals surface area contributed by atoms with E-state index in [1.165, 1.54) is 12.1 Å². The van der Waals surface area contributed by atoms with Crippen molar-refractivity contribution in [2.45, 2.75) is 6.92 Å². The predicted octanol–water partition coefficient (Wildman–Crippen LogP) is 4.71. The van der Waals surface area contributed by atoms with Crippen LogP contribution in [0.3, 0.4) is 0 Å². The van der Waals surface area contributed by atoms with E-state index in [1.54, 1.807) is 24.3 Å². The molecule has 3 aromatic rings. The van der Waals surface area contributed by atoms with Gasteiger partial charge in [0.2, 0.25) is 0 Å². The second kappa shape index (κ2) is 5.22. The molecule has 0 aliphatic heterocycles. The van der Waals surface area contributed by atoms with Crippen LogP contribution in [-0.4, -0.2) is 4.98 Å². The topological polar surface area (TPSA) is 48.1 Å². The van der Waals surface area contributed by atoms with E-state index in [9.17, 15) is 4.39 Å². The van der Waals surface area contributed by atoms with Crippen LogP contribution in [-0.2, 0) is 0 Å². The highest BCUT2D eigenvalue weighted by Gasteiger charge is 2.09. The van der Waals surface area contributed by atoms with E-state index in [0.717, 1.165) is 16.6 Å². The van der Waals surface area contributed by atoms with Gasteiger partial charge in [-0.25, -0.2) is 4.39 Å². The zero-order valence-corrected chi connectivity index (χ0v) is 12.0. The van der Waals surface area contributed by atoms with E-state index in [0.29, 0.717) is 17.2 Å². The van der Waals surface area contributed by atoms with Crippen molar-refractivity contribution >= 4 is 28.2 Å². The molecule has 0 unspecified atom stereocenters. The Bertz CT molecular complexity index is 836. The van der Waals surface area contributed by atoms with E-state index in [4.69, 9.17) is 22.1 Å². The van der Waals surface area contributed by atoms with Crippen molar-refractivity contribution in [3.05, 3.63) is 59.0 Å². The molecule has 2 aromatic carbocycles. The highest BCUT2D eigenvalue weighted by molar-refractivity contribution is 6.30. The second-order valence-corrected chi connectivity index (χ2v) is 5.12. The van der Waals surface area contributed by atoms with Crippen molar-refractivity contribution in [2.75, 3.05) is 5.73 Å². The number of hydrogen-bond acceptors (Lipinski definition) is 3. The summed E-state index contributed by atoms with van der Waals surface area (Å²) in [7, 11) is 0. The molecule has 0 saturated heterocycles. The third kappa shape index (κ3) is 2.76. The largest absolute Gasteiger partial charge is 0.456 e. The summed E-state index contributed by atoms with van der Waals surface area (Å²) in [6.07, 6.45) is 0. The van der Waals surface area contributed by atoms with Crippen molar-refractivity contribution < 1.29 is 9.13 Å². The first-order valence-electron chi connectivity index (χ1n) is 6.33. The normalized spacial score (nSPS) is 10.8. The third-order valence-electron chi connectivity index (χ3n) is 3.04. The number of nitrogens with zero attached hydrogens (tertiary/aromatic N) is 1. The summed E-state index contributed by atoms with van der Waals surface area (Å²) < 4.78 is 19.3. The molecular formula is C16H12ClFN2O. The monoisotopic (exact) mass is 302 g/mol. The molecular weight excluding hydrogens is 291 g/mol. The number of hydrogen-bond donors (Lipinski definition) is 1. The van der Waals surface area contributed by atoms with Crippen LogP contribution in [0, 0.1) is 12.7 Å². The van der Waals surface area contributed by atoms with Crippen LogP contribution in [0.25, 0.3) is 10.9 Å². The molecule has 0 aliphatic rings. The van der Waals surface area contributed by atoms with E-state index >= 15 is 0 Å². The van der Waals surface area contributed by atoms with Gasteiger partial charge < -0.3 is 10.5 Å². The lowest BCUT2D eigenvalue weighted by Crippen LogP contribution is -1.93. The fraction of sp³-hybridized carbons (Fsp3) is 0.0625. The highest BCUT2D eigenvalue weighted by atomic mass is 35.5. The molecule has 1 aromatic heterocycles. The van der Waals surface area contributed by atoms with Crippen molar-refractivity contribution in [2.24, 2.45) is 0 Å². The van der Waals surface area contributed by atoms with Crippen LogP contribution >= 0.6 is 11.6 Å². The molecule has 5 heteroatoms. The van der Waals surface area contributed by atoms with Gasteiger partial charge in [0, 0.05) is 28.9 Å². The molecule has 3 nitrogen and oxygen atoms in total. The van der Waals surface area contributed by atoms with E-state index in [-0.39, 0.29) is 5.02 Å². The van der Waals surface area contributed by atoms with Gasteiger partial charge in [0.15, 0.2) is 0 Å². The predicted molar refractivity (Wildman–Crippen MR) is 82.4 cm³/mol. The standard InChI is InChI=1S/C16H12ClFN2O/c1-9-6-16(12-7-10(19)2-5-15(12)20-9)21-11-3-4-13(17)14(18)8-11/h2-8H,19H2,1H3. The van der Waals surface area contributed by atoms with Crippen LogP contribution in [0.15, 0.2) is 42.5 Å². The fourth-order valence-electron chi connectivity index (χ4n) is 2.09. The summed E-state index contributed by atoms with van der Waals surface area (Å²) >= 11 is 5.67. The number of aryl methyl sites for hydroxylation is 1. The highest BCUT2D eigenvalue weighted by Crippen LogP contribution is 2.32. The summed E-state index contributed by atoms with van der Waals surface area (Å²) in [5.41, 5.74) is 7.99. The average Bonchev–Trinajstić information content (AvgIpc) is 2.43. The van der Waals surface area contributed by atoms with Crippen LogP contribution in [0.1, 0.15) is 5.69 Å². The van der Waals surface area contributed by atoms with Crippen LogP contribution in [0.2, 0.25) is 5.02 Å². The van der Waals surface area contributed by atoms with Gasteiger partial charge in [-0.15, -0.1) is 0 Å². The first-order valence-corrected chi connectivity index (χ1v) is 6.70. The molecule has 3 rings (SSSR count). The Balaban J connectivity index is 2.10. The smallest absolute Gasteiger partial charge is 0.145 e. The minimum atomic E-state index is -0.524. The molecule has 0 atom stereocenters. The maximum Gasteiger partial charge on any atom is 0.145 e. The number of pyridine rings is 1. The summed E-state index contributed by atoms with van der Waals surface area (Å²) in [5, 5.41) is 0.832. The number of anilines is 1. The Morgan fingerprint density at radius 2 is 1.95 bits per heavy atom. The van der Waals surface area contributed by atoms with Gasteiger partial charge in [-0.05, 0) is 37.3 Å². The van der Waals surface area contributed by atoms with Crippen molar-refractivity contribution in [3.63, 3.8) is 0 Å². The summed E-state index contributed by atoms with van der Waals surface area (Å²) in [5.74, 6) is 0.418. The molecule has 106 valence electrons. The Morgan fingerprint density at radius 3 is 2.71 bits per heavy atom. The molecule has 0 fully saturated rings. The lowest BCUT2D eigenvalue weighted by Gasteiger charge is -2.11. The molecule has 0 amide bonds. The zero-order chi connectivity index (χ0) is 15.0. The van der Waals surface area contributed by atoms with Gasteiger partial charge in [-0.2, -0.15) is 0 Å². The number of fused-ring (bicyclic) bond motifs is 1.